The number of nitrogens with zero attached hydrogens (tertiary/aromatic N) is 3. The minimum atomic E-state index is -0.486. The first kappa shape index (κ1) is 17.5. The number of rotatable bonds is 3. The molecule has 1 aromatic carbocycles. The lowest BCUT2D eigenvalue weighted by Crippen LogP contribution is -2.48. The van der Waals surface area contributed by atoms with Crippen LogP contribution >= 0.6 is 0 Å². The number of carbonyl (C=O) groups excluding carboxylic acids is 1. The van der Waals surface area contributed by atoms with Crippen molar-refractivity contribution >= 4 is 22.9 Å². The first-order valence-corrected chi connectivity index (χ1v) is 8.88. The van der Waals surface area contributed by atoms with E-state index in [1.54, 1.807) is 0 Å². The Labute approximate surface area is 148 Å². The molecule has 0 radical (unpaired) electrons. The second-order valence-corrected chi connectivity index (χ2v) is 7.44. The van der Waals surface area contributed by atoms with Gasteiger partial charge in [0.15, 0.2) is 0 Å². The van der Waals surface area contributed by atoms with Crippen molar-refractivity contribution < 1.29 is 9.53 Å². The average molecular weight is 342 g/mol. The summed E-state index contributed by atoms with van der Waals surface area (Å²) in [6.07, 6.45) is 4.75. The SMILES string of the molecule is CC(C)(C)OC(=O)NCC1CCCCN1c1cnc2ccccc2n1. The van der Waals surface area contributed by atoms with E-state index in [0.29, 0.717) is 6.54 Å². The van der Waals surface area contributed by atoms with Crippen molar-refractivity contribution in [2.75, 3.05) is 18.0 Å². The number of hydrogen-bond acceptors (Lipinski definition) is 5. The van der Waals surface area contributed by atoms with Gasteiger partial charge in [-0.2, -0.15) is 0 Å². The van der Waals surface area contributed by atoms with Crippen LogP contribution in [0.4, 0.5) is 10.6 Å². The predicted molar refractivity (Wildman–Crippen MR) is 98.8 cm³/mol. The number of nitrogens with one attached hydrogen (secondary N) is 1. The van der Waals surface area contributed by atoms with Crippen molar-refractivity contribution in [1.82, 2.24) is 15.3 Å². The largest absolute Gasteiger partial charge is 0.444 e. The zero-order chi connectivity index (χ0) is 17.9. The molecule has 1 aromatic heterocycles. The lowest BCUT2D eigenvalue weighted by Gasteiger charge is -2.36. The predicted octanol–water partition coefficient (Wildman–Crippen LogP) is 3.51. The highest BCUT2D eigenvalue weighted by Crippen LogP contribution is 2.24. The van der Waals surface area contributed by atoms with E-state index in [-0.39, 0.29) is 12.1 Å². The van der Waals surface area contributed by atoms with Crippen LogP contribution in [0.2, 0.25) is 0 Å². The number of piperidine rings is 1. The van der Waals surface area contributed by atoms with Gasteiger partial charge in [-0.05, 0) is 52.2 Å². The molecule has 25 heavy (non-hydrogen) atoms. The van der Waals surface area contributed by atoms with Crippen molar-refractivity contribution in [2.45, 2.75) is 51.7 Å². The van der Waals surface area contributed by atoms with E-state index in [0.717, 1.165) is 42.7 Å². The highest BCUT2D eigenvalue weighted by Gasteiger charge is 2.25. The van der Waals surface area contributed by atoms with Gasteiger partial charge in [-0.3, -0.25) is 4.98 Å². The smallest absolute Gasteiger partial charge is 0.407 e. The molecule has 1 fully saturated rings. The lowest BCUT2D eigenvalue weighted by molar-refractivity contribution is 0.0523. The third-order valence-electron chi connectivity index (χ3n) is 4.24. The average Bonchev–Trinajstić information content (AvgIpc) is 2.58. The molecule has 0 spiro atoms. The number of carbonyl (C=O) groups is 1. The van der Waals surface area contributed by atoms with Crippen molar-refractivity contribution in [1.29, 1.82) is 0 Å². The van der Waals surface area contributed by atoms with E-state index in [2.05, 4.69) is 15.2 Å². The van der Waals surface area contributed by atoms with Crippen LogP contribution < -0.4 is 10.2 Å². The van der Waals surface area contributed by atoms with Crippen LogP contribution in [-0.2, 0) is 4.74 Å². The number of amides is 1. The summed E-state index contributed by atoms with van der Waals surface area (Å²) < 4.78 is 5.33. The molecule has 1 amide bonds. The Kier molecular flexibility index (Phi) is 5.06. The third kappa shape index (κ3) is 4.59. The molecule has 0 saturated carbocycles. The topological polar surface area (TPSA) is 67.3 Å². The van der Waals surface area contributed by atoms with E-state index >= 15 is 0 Å². The van der Waals surface area contributed by atoms with Gasteiger partial charge in [0.25, 0.3) is 0 Å². The third-order valence-corrected chi connectivity index (χ3v) is 4.24. The molecule has 1 N–H and O–H groups in total. The molecule has 1 unspecified atom stereocenters. The normalized spacial score (nSPS) is 18.2. The molecule has 6 heteroatoms. The summed E-state index contributed by atoms with van der Waals surface area (Å²) in [4.78, 5) is 23.5. The maximum absolute atomic E-state index is 11.9. The van der Waals surface area contributed by atoms with E-state index in [1.165, 1.54) is 0 Å². The fourth-order valence-electron chi connectivity index (χ4n) is 3.12. The van der Waals surface area contributed by atoms with E-state index in [4.69, 9.17) is 9.72 Å². The van der Waals surface area contributed by atoms with Gasteiger partial charge in [0.05, 0.1) is 17.2 Å². The van der Waals surface area contributed by atoms with Crippen LogP contribution in [-0.4, -0.2) is 40.8 Å². The fraction of sp³-hybridized carbons (Fsp3) is 0.526. The van der Waals surface area contributed by atoms with E-state index in [9.17, 15) is 4.79 Å². The molecular formula is C19H26N4O2. The molecule has 3 rings (SSSR count). The Morgan fingerprint density at radius 2 is 2.04 bits per heavy atom. The van der Waals surface area contributed by atoms with Crippen LogP contribution in [0.5, 0.6) is 0 Å². The number of alkyl carbamates (subject to hydrolysis) is 1. The number of para-hydroxylation sites is 2. The van der Waals surface area contributed by atoms with E-state index < -0.39 is 5.60 Å². The number of anilines is 1. The molecule has 1 aliphatic heterocycles. The highest BCUT2D eigenvalue weighted by atomic mass is 16.6. The van der Waals surface area contributed by atoms with Gasteiger partial charge in [0, 0.05) is 19.1 Å². The zero-order valence-corrected chi connectivity index (χ0v) is 15.2. The van der Waals surface area contributed by atoms with Crippen LogP contribution in [0, 0.1) is 0 Å². The van der Waals surface area contributed by atoms with Crippen LogP contribution in [0.25, 0.3) is 11.0 Å². The first-order chi connectivity index (χ1) is 11.9. The Bertz CT molecular complexity index is 742. The quantitative estimate of drug-likeness (QED) is 0.924. The second kappa shape index (κ2) is 7.25. The van der Waals surface area contributed by atoms with Crippen molar-refractivity contribution in [3.8, 4) is 0 Å². The van der Waals surface area contributed by atoms with Gasteiger partial charge in [-0.1, -0.05) is 12.1 Å². The molecule has 2 heterocycles. The summed E-state index contributed by atoms with van der Waals surface area (Å²) in [5, 5.41) is 2.89. The van der Waals surface area contributed by atoms with Gasteiger partial charge in [0.2, 0.25) is 0 Å². The van der Waals surface area contributed by atoms with E-state index in [1.807, 2.05) is 51.2 Å². The molecule has 1 aliphatic rings. The van der Waals surface area contributed by atoms with Gasteiger partial charge < -0.3 is 15.0 Å². The van der Waals surface area contributed by atoms with Crippen molar-refractivity contribution in [2.24, 2.45) is 0 Å². The van der Waals surface area contributed by atoms with Gasteiger partial charge in [-0.15, -0.1) is 0 Å². The number of benzene rings is 1. The first-order valence-electron chi connectivity index (χ1n) is 8.88. The Hall–Kier alpha value is -2.37. The maximum Gasteiger partial charge on any atom is 0.407 e. The molecule has 1 saturated heterocycles. The number of hydrogen-bond donors (Lipinski definition) is 1. The van der Waals surface area contributed by atoms with Crippen LogP contribution in [0.3, 0.4) is 0 Å². The summed E-state index contributed by atoms with van der Waals surface area (Å²) in [7, 11) is 0. The molecule has 134 valence electrons. The lowest BCUT2D eigenvalue weighted by atomic mass is 10.0. The molecule has 0 aliphatic carbocycles. The number of aromatic nitrogens is 2. The highest BCUT2D eigenvalue weighted by molar-refractivity contribution is 5.75. The summed E-state index contributed by atoms with van der Waals surface area (Å²) in [6.45, 7) is 7.07. The Balaban J connectivity index is 1.70. The van der Waals surface area contributed by atoms with Gasteiger partial charge >= 0.3 is 6.09 Å². The van der Waals surface area contributed by atoms with Gasteiger partial charge in [-0.25, -0.2) is 9.78 Å². The van der Waals surface area contributed by atoms with Crippen molar-refractivity contribution in [3.05, 3.63) is 30.5 Å². The van der Waals surface area contributed by atoms with Crippen LogP contribution in [0.1, 0.15) is 40.0 Å². The number of ether oxygens (including phenoxy) is 1. The number of fused-ring (bicyclic) bond motifs is 1. The summed E-state index contributed by atoms with van der Waals surface area (Å²) >= 11 is 0. The summed E-state index contributed by atoms with van der Waals surface area (Å²) in [6, 6.07) is 8.08. The standard InChI is InChI=1S/C19H26N4O2/c1-19(2,3)25-18(24)21-12-14-8-6-7-11-23(14)17-13-20-15-9-4-5-10-16(15)22-17/h4-5,9-10,13-14H,6-8,11-12H2,1-3H3,(H,21,24). The van der Waals surface area contributed by atoms with Crippen LogP contribution in [0.15, 0.2) is 30.5 Å². The molecule has 1 atom stereocenters. The summed E-state index contributed by atoms with van der Waals surface area (Å²) in [5.41, 5.74) is 1.30. The molecule has 6 nitrogen and oxygen atoms in total. The molecular weight excluding hydrogens is 316 g/mol. The second-order valence-electron chi connectivity index (χ2n) is 7.44. The Morgan fingerprint density at radius 1 is 1.28 bits per heavy atom. The minimum absolute atomic E-state index is 0.205. The maximum atomic E-state index is 11.9. The monoisotopic (exact) mass is 342 g/mol. The zero-order valence-electron chi connectivity index (χ0n) is 15.2. The van der Waals surface area contributed by atoms with Crippen molar-refractivity contribution in [3.63, 3.8) is 0 Å². The summed E-state index contributed by atoms with van der Waals surface area (Å²) in [5.74, 6) is 0.870. The molecule has 2 aromatic rings. The Morgan fingerprint density at radius 3 is 2.80 bits per heavy atom. The minimum Gasteiger partial charge on any atom is -0.444 e. The fourth-order valence-corrected chi connectivity index (χ4v) is 3.12. The van der Waals surface area contributed by atoms with Gasteiger partial charge in [0.1, 0.15) is 11.4 Å². The molecule has 0 bridgehead atoms.